The molecule has 0 saturated heterocycles. The summed E-state index contributed by atoms with van der Waals surface area (Å²) in [6, 6.07) is 16.0. The maximum absolute atomic E-state index is 12.2. The molecule has 1 atom stereocenters. The molecule has 1 amide bonds. The van der Waals surface area contributed by atoms with Crippen molar-refractivity contribution in [3.8, 4) is 11.5 Å². The van der Waals surface area contributed by atoms with Gasteiger partial charge in [-0.05, 0) is 48.9 Å². The van der Waals surface area contributed by atoms with Gasteiger partial charge in [0.2, 0.25) is 0 Å². The van der Waals surface area contributed by atoms with Crippen LogP contribution in [-0.4, -0.2) is 25.7 Å². The van der Waals surface area contributed by atoms with Crippen molar-refractivity contribution in [2.75, 3.05) is 13.7 Å². The van der Waals surface area contributed by atoms with E-state index in [4.69, 9.17) is 9.47 Å². The number of carbonyl (C=O) groups excluding carboxylic acids is 1. The van der Waals surface area contributed by atoms with Gasteiger partial charge in [-0.2, -0.15) is 0 Å². The summed E-state index contributed by atoms with van der Waals surface area (Å²) in [6.07, 6.45) is 1.30. The van der Waals surface area contributed by atoms with E-state index in [0.29, 0.717) is 24.0 Å². The Morgan fingerprint density at radius 1 is 1.04 bits per heavy atom. The number of nitrogens with one attached hydrogen (secondary N) is 1. The van der Waals surface area contributed by atoms with E-state index in [1.807, 2.05) is 18.2 Å². The van der Waals surface area contributed by atoms with Gasteiger partial charge in [0.1, 0.15) is 11.5 Å². The van der Waals surface area contributed by atoms with Gasteiger partial charge in [-0.25, -0.2) is 0 Å². The lowest BCUT2D eigenvalue weighted by molar-refractivity contribution is -0.127. The molecule has 0 saturated carbocycles. The molecule has 0 heterocycles. The second-order valence-corrected chi connectivity index (χ2v) is 6.73. The molecule has 0 aliphatic carbocycles. The molecular weight excluding hydrogens is 326 g/mol. The van der Waals surface area contributed by atoms with Crippen molar-refractivity contribution in [3.05, 3.63) is 59.7 Å². The lowest BCUT2D eigenvalue weighted by Crippen LogP contribution is -2.36. The normalized spacial score (nSPS) is 11.9. The topological polar surface area (TPSA) is 47.6 Å². The van der Waals surface area contributed by atoms with Gasteiger partial charge in [0, 0.05) is 12.6 Å². The number of aryl methyl sites for hydroxylation is 1. The molecule has 0 spiro atoms. The first-order valence-corrected chi connectivity index (χ1v) is 9.17. The van der Waals surface area contributed by atoms with Gasteiger partial charge in [-0.3, -0.25) is 4.79 Å². The van der Waals surface area contributed by atoms with Crippen LogP contribution in [0.25, 0.3) is 0 Å². The minimum atomic E-state index is -0.549. The third kappa shape index (κ3) is 6.10. The first-order chi connectivity index (χ1) is 12.5. The SMILES string of the molecule is COc1cccc(O[C@H](C)C(=O)NCCCc2ccc(C(C)C)cc2)c1. The van der Waals surface area contributed by atoms with E-state index in [1.54, 1.807) is 20.1 Å². The maximum atomic E-state index is 12.2. The highest BCUT2D eigenvalue weighted by Crippen LogP contribution is 2.20. The molecule has 0 fully saturated rings. The highest BCUT2D eigenvalue weighted by molar-refractivity contribution is 5.80. The smallest absolute Gasteiger partial charge is 0.260 e. The predicted octanol–water partition coefficient (Wildman–Crippen LogP) is 4.33. The minimum Gasteiger partial charge on any atom is -0.497 e. The van der Waals surface area contributed by atoms with E-state index in [1.165, 1.54) is 11.1 Å². The third-order valence-electron chi connectivity index (χ3n) is 4.31. The molecule has 26 heavy (non-hydrogen) atoms. The Kier molecular flexibility index (Phi) is 7.52. The molecule has 0 aliphatic heterocycles. The fourth-order valence-electron chi connectivity index (χ4n) is 2.65. The molecule has 0 radical (unpaired) electrons. The van der Waals surface area contributed by atoms with Gasteiger partial charge in [0.15, 0.2) is 6.10 Å². The highest BCUT2D eigenvalue weighted by Gasteiger charge is 2.14. The van der Waals surface area contributed by atoms with Gasteiger partial charge in [-0.15, -0.1) is 0 Å². The van der Waals surface area contributed by atoms with Gasteiger partial charge in [-0.1, -0.05) is 44.2 Å². The molecule has 0 unspecified atom stereocenters. The van der Waals surface area contributed by atoms with Crippen LogP contribution in [0.5, 0.6) is 11.5 Å². The molecule has 4 heteroatoms. The van der Waals surface area contributed by atoms with Gasteiger partial charge in [0.25, 0.3) is 5.91 Å². The van der Waals surface area contributed by atoms with Crippen LogP contribution in [0, 0.1) is 0 Å². The Labute approximate surface area is 156 Å². The van der Waals surface area contributed by atoms with E-state index >= 15 is 0 Å². The lowest BCUT2D eigenvalue weighted by atomic mass is 10.0. The van der Waals surface area contributed by atoms with Crippen LogP contribution in [0.15, 0.2) is 48.5 Å². The molecule has 4 nitrogen and oxygen atoms in total. The second-order valence-electron chi connectivity index (χ2n) is 6.73. The Balaban J connectivity index is 1.72. The summed E-state index contributed by atoms with van der Waals surface area (Å²) in [5.74, 6) is 1.77. The van der Waals surface area contributed by atoms with E-state index in [-0.39, 0.29) is 5.91 Å². The van der Waals surface area contributed by atoms with Crippen molar-refractivity contribution in [1.29, 1.82) is 0 Å². The average Bonchev–Trinajstić information content (AvgIpc) is 2.65. The summed E-state index contributed by atoms with van der Waals surface area (Å²) in [7, 11) is 1.60. The van der Waals surface area contributed by atoms with Crippen molar-refractivity contribution in [1.82, 2.24) is 5.32 Å². The monoisotopic (exact) mass is 355 g/mol. The van der Waals surface area contributed by atoms with E-state index in [2.05, 4.69) is 43.4 Å². The minimum absolute atomic E-state index is 0.108. The number of carbonyl (C=O) groups is 1. The number of rotatable bonds is 9. The standard InChI is InChI=1S/C22H29NO3/c1-16(2)19-12-10-18(11-13-19)7-6-14-23-22(24)17(3)26-21-9-5-8-20(15-21)25-4/h5,8-13,15-17H,6-7,14H2,1-4H3,(H,23,24)/t17-/m1/s1. The third-order valence-corrected chi connectivity index (χ3v) is 4.31. The molecule has 140 valence electrons. The molecule has 2 aromatic carbocycles. The zero-order chi connectivity index (χ0) is 18.9. The Bertz CT molecular complexity index is 695. The van der Waals surface area contributed by atoms with Crippen molar-refractivity contribution >= 4 is 5.91 Å². The maximum Gasteiger partial charge on any atom is 0.260 e. The number of hydrogen-bond acceptors (Lipinski definition) is 3. The van der Waals surface area contributed by atoms with Gasteiger partial charge in [0.05, 0.1) is 7.11 Å². The Hall–Kier alpha value is -2.49. The van der Waals surface area contributed by atoms with Gasteiger partial charge >= 0.3 is 0 Å². The molecule has 2 rings (SSSR count). The molecule has 0 aliphatic rings. The summed E-state index contributed by atoms with van der Waals surface area (Å²) in [5, 5.41) is 2.94. The fourth-order valence-corrected chi connectivity index (χ4v) is 2.65. The Morgan fingerprint density at radius 2 is 1.73 bits per heavy atom. The number of methoxy groups -OCH3 is 1. The van der Waals surface area contributed by atoms with Crippen LogP contribution in [0.2, 0.25) is 0 Å². The predicted molar refractivity (Wildman–Crippen MR) is 105 cm³/mol. The zero-order valence-electron chi connectivity index (χ0n) is 16.1. The van der Waals surface area contributed by atoms with Crippen molar-refractivity contribution < 1.29 is 14.3 Å². The number of ether oxygens (including phenoxy) is 2. The summed E-state index contributed by atoms with van der Waals surface area (Å²) in [6.45, 7) is 6.77. The molecule has 0 aromatic heterocycles. The van der Waals surface area contributed by atoms with E-state index < -0.39 is 6.10 Å². The number of amides is 1. The van der Waals surface area contributed by atoms with Crippen LogP contribution in [0.4, 0.5) is 0 Å². The van der Waals surface area contributed by atoms with Crippen LogP contribution >= 0.6 is 0 Å². The van der Waals surface area contributed by atoms with Crippen molar-refractivity contribution in [2.24, 2.45) is 0 Å². The second kappa shape index (κ2) is 9.85. The zero-order valence-corrected chi connectivity index (χ0v) is 16.1. The van der Waals surface area contributed by atoms with Crippen LogP contribution < -0.4 is 14.8 Å². The molecular formula is C22H29NO3. The quantitative estimate of drug-likeness (QED) is 0.681. The number of benzene rings is 2. The summed E-state index contributed by atoms with van der Waals surface area (Å²) >= 11 is 0. The first kappa shape index (κ1) is 19.8. The average molecular weight is 355 g/mol. The largest absolute Gasteiger partial charge is 0.497 e. The molecule has 2 aromatic rings. The molecule has 0 bridgehead atoms. The Morgan fingerprint density at radius 3 is 2.38 bits per heavy atom. The summed E-state index contributed by atoms with van der Waals surface area (Å²) in [4.78, 5) is 12.2. The molecule has 1 N–H and O–H groups in total. The summed E-state index contributed by atoms with van der Waals surface area (Å²) in [5.41, 5.74) is 2.65. The van der Waals surface area contributed by atoms with E-state index in [0.717, 1.165) is 12.8 Å². The lowest BCUT2D eigenvalue weighted by Gasteiger charge is -2.15. The summed E-state index contributed by atoms with van der Waals surface area (Å²) < 4.78 is 10.8. The van der Waals surface area contributed by atoms with Gasteiger partial charge < -0.3 is 14.8 Å². The number of hydrogen-bond donors (Lipinski definition) is 1. The van der Waals surface area contributed by atoms with Crippen molar-refractivity contribution in [2.45, 2.75) is 45.6 Å². The fraction of sp³-hybridized carbons (Fsp3) is 0.409. The van der Waals surface area contributed by atoms with E-state index in [9.17, 15) is 4.79 Å². The van der Waals surface area contributed by atoms with Crippen molar-refractivity contribution in [3.63, 3.8) is 0 Å². The van der Waals surface area contributed by atoms with Crippen LogP contribution in [-0.2, 0) is 11.2 Å². The first-order valence-electron chi connectivity index (χ1n) is 9.17. The highest BCUT2D eigenvalue weighted by atomic mass is 16.5. The van der Waals surface area contributed by atoms with Crippen LogP contribution in [0.1, 0.15) is 44.2 Å². The van der Waals surface area contributed by atoms with Crippen LogP contribution in [0.3, 0.4) is 0 Å².